The van der Waals surface area contributed by atoms with E-state index >= 15 is 0 Å². The molecule has 1 aromatic carbocycles. The number of carbonyl (C=O) groups is 1. The fraction of sp³-hybridized carbons (Fsp3) is 0.696. The van der Waals surface area contributed by atoms with Crippen LogP contribution in [-0.4, -0.2) is 35.2 Å². The molecular weight excluding hydrogens is 356 g/mol. The molecule has 2 aliphatic rings. The van der Waals surface area contributed by atoms with Crippen LogP contribution in [0, 0.1) is 30.6 Å². The molecule has 1 aliphatic heterocycles. The zero-order valence-corrected chi connectivity index (χ0v) is 17.3. The van der Waals surface area contributed by atoms with Crippen molar-refractivity contribution in [3.05, 3.63) is 34.9 Å². The van der Waals surface area contributed by atoms with Gasteiger partial charge in [-0.05, 0) is 68.1 Å². The first-order valence-electron chi connectivity index (χ1n) is 10.6. The first kappa shape index (κ1) is 21.3. The van der Waals surface area contributed by atoms with Gasteiger partial charge in [-0.2, -0.15) is 0 Å². The van der Waals surface area contributed by atoms with Crippen molar-refractivity contribution in [3.8, 4) is 0 Å². The molecular formula is C23H34O5. The summed E-state index contributed by atoms with van der Waals surface area (Å²) in [6, 6.07) is 5.17. The van der Waals surface area contributed by atoms with Crippen LogP contribution in [0.4, 0.5) is 0 Å². The highest BCUT2D eigenvalue weighted by Gasteiger charge is 2.40. The number of carboxylic acid groups (broad SMARTS) is 1. The minimum Gasteiger partial charge on any atom is -0.478 e. The lowest BCUT2D eigenvalue weighted by atomic mass is 9.66. The summed E-state index contributed by atoms with van der Waals surface area (Å²) < 4.78 is 11.8. The van der Waals surface area contributed by atoms with Gasteiger partial charge in [0.1, 0.15) is 0 Å². The van der Waals surface area contributed by atoms with Gasteiger partial charge in [-0.3, -0.25) is 0 Å². The Labute approximate surface area is 168 Å². The number of aryl methyl sites for hydroxylation is 1. The van der Waals surface area contributed by atoms with E-state index in [-0.39, 0.29) is 12.5 Å². The van der Waals surface area contributed by atoms with Gasteiger partial charge in [-0.1, -0.05) is 31.9 Å². The number of hydrogen-bond donors (Lipinski definition) is 2. The lowest BCUT2D eigenvalue weighted by molar-refractivity contribution is -0.162. The molecule has 2 N–H and O–H groups in total. The van der Waals surface area contributed by atoms with Gasteiger partial charge in [0.2, 0.25) is 0 Å². The van der Waals surface area contributed by atoms with Crippen molar-refractivity contribution in [2.45, 2.75) is 71.9 Å². The molecule has 0 amide bonds. The molecule has 0 radical (unpaired) electrons. The number of hydrogen-bond acceptors (Lipinski definition) is 4. The molecule has 2 fully saturated rings. The van der Waals surface area contributed by atoms with Gasteiger partial charge in [0.15, 0.2) is 6.29 Å². The highest BCUT2D eigenvalue weighted by molar-refractivity contribution is 5.89. The lowest BCUT2D eigenvalue weighted by Crippen LogP contribution is -2.39. The Bertz CT molecular complexity index is 673. The van der Waals surface area contributed by atoms with Crippen LogP contribution in [0.25, 0.3) is 0 Å². The van der Waals surface area contributed by atoms with Crippen LogP contribution >= 0.6 is 0 Å². The van der Waals surface area contributed by atoms with Crippen LogP contribution in [0.5, 0.6) is 0 Å². The fourth-order valence-electron chi connectivity index (χ4n) is 5.07. The monoisotopic (exact) mass is 390 g/mol. The van der Waals surface area contributed by atoms with Crippen LogP contribution in [0.15, 0.2) is 18.2 Å². The Kier molecular flexibility index (Phi) is 7.13. The Balaban J connectivity index is 1.59. The maximum absolute atomic E-state index is 11.1. The van der Waals surface area contributed by atoms with Gasteiger partial charge in [-0.15, -0.1) is 0 Å². The molecule has 0 aromatic heterocycles. The fourth-order valence-corrected chi connectivity index (χ4v) is 5.07. The Morgan fingerprint density at radius 2 is 2.07 bits per heavy atom. The molecule has 1 aliphatic carbocycles. The SMILES string of the molecule is Cc1cc(CO[C@@H](O)[C@H](C)[C@@H]2CCC[C@@H]3CCC(C)OCC32)ccc1C(=O)O. The maximum Gasteiger partial charge on any atom is 0.335 e. The highest BCUT2D eigenvalue weighted by atomic mass is 16.6. The van der Waals surface area contributed by atoms with Crippen molar-refractivity contribution >= 4 is 5.97 Å². The summed E-state index contributed by atoms with van der Waals surface area (Å²) >= 11 is 0. The molecule has 156 valence electrons. The zero-order chi connectivity index (χ0) is 20.3. The number of aliphatic hydroxyl groups is 1. The smallest absolute Gasteiger partial charge is 0.335 e. The molecule has 0 spiro atoms. The quantitative estimate of drug-likeness (QED) is 0.704. The number of fused-ring (bicyclic) bond motifs is 1. The van der Waals surface area contributed by atoms with E-state index < -0.39 is 12.3 Å². The van der Waals surface area contributed by atoms with Gasteiger partial charge in [-0.25, -0.2) is 4.79 Å². The summed E-state index contributed by atoms with van der Waals surface area (Å²) in [5.41, 5.74) is 1.88. The second-order valence-corrected chi connectivity index (χ2v) is 8.76. The number of rotatable bonds is 6. The predicted octanol–water partition coefficient (Wildman–Crippen LogP) is 4.40. The predicted molar refractivity (Wildman–Crippen MR) is 107 cm³/mol. The summed E-state index contributed by atoms with van der Waals surface area (Å²) in [4.78, 5) is 11.1. The highest BCUT2D eigenvalue weighted by Crippen LogP contribution is 2.44. The van der Waals surface area contributed by atoms with E-state index in [1.807, 2.05) is 6.07 Å². The van der Waals surface area contributed by atoms with Crippen molar-refractivity contribution in [2.24, 2.45) is 23.7 Å². The van der Waals surface area contributed by atoms with Gasteiger partial charge in [0.25, 0.3) is 0 Å². The van der Waals surface area contributed by atoms with Crippen molar-refractivity contribution in [2.75, 3.05) is 6.61 Å². The average Bonchev–Trinajstić information content (AvgIpc) is 2.87. The van der Waals surface area contributed by atoms with Gasteiger partial charge in [0, 0.05) is 5.92 Å². The molecule has 28 heavy (non-hydrogen) atoms. The van der Waals surface area contributed by atoms with Crippen LogP contribution in [-0.2, 0) is 16.1 Å². The van der Waals surface area contributed by atoms with E-state index in [4.69, 9.17) is 14.6 Å². The van der Waals surface area contributed by atoms with Gasteiger partial charge < -0.3 is 19.7 Å². The summed E-state index contributed by atoms with van der Waals surface area (Å²) in [5, 5.41) is 19.8. The number of ether oxygens (including phenoxy) is 2. The van der Waals surface area contributed by atoms with Crippen molar-refractivity contribution < 1.29 is 24.5 Å². The average molecular weight is 391 g/mol. The third-order valence-electron chi connectivity index (χ3n) is 6.85. The zero-order valence-electron chi connectivity index (χ0n) is 17.3. The topological polar surface area (TPSA) is 76.0 Å². The molecule has 5 heteroatoms. The van der Waals surface area contributed by atoms with Crippen molar-refractivity contribution in [3.63, 3.8) is 0 Å². The maximum atomic E-state index is 11.1. The van der Waals surface area contributed by atoms with Crippen molar-refractivity contribution in [1.29, 1.82) is 0 Å². The van der Waals surface area contributed by atoms with Gasteiger partial charge >= 0.3 is 5.97 Å². The second kappa shape index (κ2) is 9.38. The third kappa shape index (κ3) is 4.94. The molecule has 1 saturated carbocycles. The summed E-state index contributed by atoms with van der Waals surface area (Å²) in [6.45, 7) is 7.10. The number of carboxylic acids is 1. The molecule has 0 bridgehead atoms. The number of aliphatic hydroxyl groups excluding tert-OH is 1. The summed E-state index contributed by atoms with van der Waals surface area (Å²) in [5.74, 6) is 0.735. The third-order valence-corrected chi connectivity index (χ3v) is 6.85. The molecule has 5 nitrogen and oxygen atoms in total. The summed E-state index contributed by atoms with van der Waals surface area (Å²) in [7, 11) is 0. The first-order chi connectivity index (χ1) is 13.4. The minimum atomic E-state index is -0.926. The van der Waals surface area contributed by atoms with E-state index in [2.05, 4.69) is 13.8 Å². The standard InChI is InChI=1S/C23H34O5/c1-14-11-17(8-10-19(14)22(24)25)12-28-23(26)16(3)20-6-4-5-18-9-7-15(2)27-13-21(18)20/h8,10-11,15-16,18,20-21,23,26H,4-7,9,12-13H2,1-3H3,(H,24,25)/t15?,16-,18-,20+,21?,23-/m1/s1. The molecule has 1 saturated heterocycles. The number of benzene rings is 1. The summed E-state index contributed by atoms with van der Waals surface area (Å²) in [6.07, 6.45) is 5.47. The van der Waals surface area contributed by atoms with Crippen LogP contribution in [0.1, 0.15) is 67.4 Å². The van der Waals surface area contributed by atoms with Crippen LogP contribution in [0.2, 0.25) is 0 Å². The number of aromatic carboxylic acids is 1. The Hall–Kier alpha value is -1.43. The Morgan fingerprint density at radius 1 is 1.29 bits per heavy atom. The van der Waals surface area contributed by atoms with Crippen LogP contribution < -0.4 is 0 Å². The lowest BCUT2D eigenvalue weighted by Gasteiger charge is -2.41. The Morgan fingerprint density at radius 3 is 2.79 bits per heavy atom. The largest absolute Gasteiger partial charge is 0.478 e. The van der Waals surface area contributed by atoms with Gasteiger partial charge in [0.05, 0.1) is 24.9 Å². The molecule has 2 unspecified atom stereocenters. The van der Waals surface area contributed by atoms with E-state index in [1.165, 1.54) is 19.3 Å². The van der Waals surface area contributed by atoms with E-state index in [9.17, 15) is 9.90 Å². The minimum absolute atomic E-state index is 0.0456. The van der Waals surface area contributed by atoms with E-state index in [0.29, 0.717) is 35.0 Å². The molecule has 3 rings (SSSR count). The van der Waals surface area contributed by atoms with E-state index in [0.717, 1.165) is 25.0 Å². The molecule has 6 atom stereocenters. The van der Waals surface area contributed by atoms with Crippen LogP contribution in [0.3, 0.4) is 0 Å². The van der Waals surface area contributed by atoms with Crippen molar-refractivity contribution in [1.82, 2.24) is 0 Å². The normalized spacial score (nSPS) is 30.1. The molecule has 1 aromatic rings. The second-order valence-electron chi connectivity index (χ2n) is 8.76. The molecule has 1 heterocycles. The first-order valence-corrected chi connectivity index (χ1v) is 10.6. The van der Waals surface area contributed by atoms with E-state index in [1.54, 1.807) is 19.1 Å².